The molecule has 1 atom stereocenters. The zero-order chi connectivity index (χ0) is 19.9. The van der Waals surface area contributed by atoms with Gasteiger partial charge in [-0.15, -0.1) is 0 Å². The van der Waals surface area contributed by atoms with E-state index in [0.29, 0.717) is 36.0 Å². The molecule has 1 heterocycles. The van der Waals surface area contributed by atoms with E-state index in [1.54, 1.807) is 42.5 Å². The molecule has 146 valence electrons. The Labute approximate surface area is 162 Å². The van der Waals surface area contributed by atoms with Gasteiger partial charge in [0, 0.05) is 23.7 Å². The summed E-state index contributed by atoms with van der Waals surface area (Å²) in [7, 11) is 0. The summed E-state index contributed by atoms with van der Waals surface area (Å²) < 4.78 is 16.0. The SMILES string of the molecule is CC(OC(=O)CCC(=O)c1ccccc1)C(=O)Nc1ccc2c(c1)OCCO2. The van der Waals surface area contributed by atoms with Gasteiger partial charge in [0.25, 0.3) is 5.91 Å². The summed E-state index contributed by atoms with van der Waals surface area (Å²) in [5.74, 6) is -0.0561. The summed E-state index contributed by atoms with van der Waals surface area (Å²) in [5, 5.41) is 2.67. The number of nitrogens with one attached hydrogen (secondary N) is 1. The predicted octanol–water partition coefficient (Wildman–Crippen LogP) is 2.99. The quantitative estimate of drug-likeness (QED) is 0.584. The molecule has 7 heteroatoms. The van der Waals surface area contributed by atoms with E-state index in [1.165, 1.54) is 6.92 Å². The van der Waals surface area contributed by atoms with Crippen LogP contribution in [-0.4, -0.2) is 37.0 Å². The van der Waals surface area contributed by atoms with Crippen molar-refractivity contribution < 1.29 is 28.6 Å². The van der Waals surface area contributed by atoms with Gasteiger partial charge in [0.05, 0.1) is 6.42 Å². The van der Waals surface area contributed by atoms with Crippen LogP contribution in [-0.2, 0) is 14.3 Å². The number of esters is 1. The van der Waals surface area contributed by atoms with Gasteiger partial charge in [-0.25, -0.2) is 0 Å². The third kappa shape index (κ3) is 5.09. The maximum atomic E-state index is 12.2. The molecule has 3 rings (SSSR count). The summed E-state index contributed by atoms with van der Waals surface area (Å²) >= 11 is 0. The first kappa shape index (κ1) is 19.4. The van der Waals surface area contributed by atoms with Crippen molar-refractivity contribution in [1.82, 2.24) is 0 Å². The molecule has 7 nitrogen and oxygen atoms in total. The van der Waals surface area contributed by atoms with Crippen LogP contribution in [0.5, 0.6) is 11.5 Å². The number of hydrogen-bond donors (Lipinski definition) is 1. The third-order valence-corrected chi connectivity index (χ3v) is 4.14. The van der Waals surface area contributed by atoms with Crippen molar-refractivity contribution in [2.24, 2.45) is 0 Å². The van der Waals surface area contributed by atoms with E-state index in [0.717, 1.165) is 0 Å². The molecule has 2 aromatic carbocycles. The normalized spacial score (nSPS) is 13.3. The largest absolute Gasteiger partial charge is 0.486 e. The number of ether oxygens (including phenoxy) is 3. The van der Waals surface area contributed by atoms with Gasteiger partial charge in [-0.2, -0.15) is 0 Å². The number of Topliss-reactive ketones (excluding diaryl/α,β-unsaturated/α-hetero) is 1. The van der Waals surface area contributed by atoms with Crippen LogP contribution >= 0.6 is 0 Å². The van der Waals surface area contributed by atoms with Gasteiger partial charge >= 0.3 is 5.97 Å². The zero-order valence-electron chi connectivity index (χ0n) is 15.5. The standard InChI is InChI=1S/C21H21NO6/c1-14(28-20(24)10-8-17(23)15-5-3-2-4-6-15)21(25)22-16-7-9-18-19(13-16)27-12-11-26-18/h2-7,9,13-14H,8,10-12H2,1H3,(H,22,25). The molecule has 0 saturated heterocycles. The van der Waals surface area contributed by atoms with Gasteiger partial charge in [-0.3, -0.25) is 14.4 Å². The molecule has 0 spiro atoms. The van der Waals surface area contributed by atoms with Gasteiger partial charge < -0.3 is 19.5 Å². The molecular formula is C21H21NO6. The summed E-state index contributed by atoms with van der Waals surface area (Å²) in [4.78, 5) is 36.2. The van der Waals surface area contributed by atoms with E-state index in [2.05, 4.69) is 5.32 Å². The van der Waals surface area contributed by atoms with E-state index < -0.39 is 18.0 Å². The van der Waals surface area contributed by atoms with E-state index in [1.807, 2.05) is 6.07 Å². The molecule has 0 aromatic heterocycles. The molecule has 2 aromatic rings. The van der Waals surface area contributed by atoms with Crippen LogP contribution in [0.4, 0.5) is 5.69 Å². The highest BCUT2D eigenvalue weighted by molar-refractivity contribution is 5.98. The number of carbonyl (C=O) groups excluding carboxylic acids is 3. The summed E-state index contributed by atoms with van der Waals surface area (Å²) in [5.41, 5.74) is 1.05. The lowest BCUT2D eigenvalue weighted by atomic mass is 10.1. The fraction of sp³-hybridized carbons (Fsp3) is 0.286. The van der Waals surface area contributed by atoms with Crippen molar-refractivity contribution >= 4 is 23.3 Å². The lowest BCUT2D eigenvalue weighted by Gasteiger charge is -2.19. The second-order valence-corrected chi connectivity index (χ2v) is 6.27. The Morgan fingerprint density at radius 2 is 1.71 bits per heavy atom. The minimum atomic E-state index is -0.993. The molecule has 1 unspecified atom stereocenters. The van der Waals surface area contributed by atoms with E-state index in [9.17, 15) is 14.4 Å². The maximum Gasteiger partial charge on any atom is 0.307 e. The summed E-state index contributed by atoms with van der Waals surface area (Å²) in [6.45, 7) is 2.41. The zero-order valence-corrected chi connectivity index (χ0v) is 15.5. The number of ketones is 1. The molecule has 0 fully saturated rings. The smallest absolute Gasteiger partial charge is 0.307 e. The average molecular weight is 383 g/mol. The Bertz CT molecular complexity index is 864. The van der Waals surface area contributed by atoms with Crippen molar-refractivity contribution in [3.63, 3.8) is 0 Å². The van der Waals surface area contributed by atoms with Crippen LogP contribution in [0.3, 0.4) is 0 Å². The van der Waals surface area contributed by atoms with Crippen LogP contribution in [0.1, 0.15) is 30.1 Å². The molecule has 0 radical (unpaired) electrons. The van der Waals surface area contributed by atoms with Gasteiger partial charge in [0.2, 0.25) is 0 Å². The van der Waals surface area contributed by atoms with E-state index in [-0.39, 0.29) is 18.6 Å². The van der Waals surface area contributed by atoms with Crippen LogP contribution in [0.2, 0.25) is 0 Å². The Morgan fingerprint density at radius 3 is 2.46 bits per heavy atom. The average Bonchev–Trinajstić information content (AvgIpc) is 2.72. The van der Waals surface area contributed by atoms with Gasteiger partial charge in [-0.05, 0) is 19.1 Å². The first-order valence-corrected chi connectivity index (χ1v) is 9.01. The number of hydrogen-bond acceptors (Lipinski definition) is 6. The molecule has 1 amide bonds. The molecule has 0 saturated carbocycles. The lowest BCUT2D eigenvalue weighted by Crippen LogP contribution is -2.30. The van der Waals surface area contributed by atoms with Gasteiger partial charge in [0.1, 0.15) is 13.2 Å². The van der Waals surface area contributed by atoms with Crippen molar-refractivity contribution in [1.29, 1.82) is 0 Å². The topological polar surface area (TPSA) is 90.9 Å². The van der Waals surface area contributed by atoms with Crippen molar-refractivity contribution in [2.45, 2.75) is 25.9 Å². The summed E-state index contributed by atoms with van der Waals surface area (Å²) in [6, 6.07) is 13.8. The second kappa shape index (κ2) is 9.03. The number of amides is 1. The third-order valence-electron chi connectivity index (χ3n) is 4.14. The van der Waals surface area contributed by atoms with Crippen LogP contribution < -0.4 is 14.8 Å². The molecule has 0 aliphatic carbocycles. The Balaban J connectivity index is 1.47. The van der Waals surface area contributed by atoms with Gasteiger partial charge in [0.15, 0.2) is 23.4 Å². The fourth-order valence-corrected chi connectivity index (χ4v) is 2.66. The van der Waals surface area contributed by atoms with E-state index in [4.69, 9.17) is 14.2 Å². The lowest BCUT2D eigenvalue weighted by molar-refractivity contribution is -0.153. The highest BCUT2D eigenvalue weighted by atomic mass is 16.6. The summed E-state index contributed by atoms with van der Waals surface area (Å²) in [6.07, 6.45) is -1.05. The monoisotopic (exact) mass is 383 g/mol. The second-order valence-electron chi connectivity index (χ2n) is 6.27. The molecule has 1 aliphatic heterocycles. The minimum Gasteiger partial charge on any atom is -0.486 e. The van der Waals surface area contributed by atoms with Crippen LogP contribution in [0.25, 0.3) is 0 Å². The maximum absolute atomic E-state index is 12.2. The van der Waals surface area contributed by atoms with E-state index >= 15 is 0 Å². The minimum absolute atomic E-state index is 0.0271. The van der Waals surface area contributed by atoms with Gasteiger partial charge in [-0.1, -0.05) is 30.3 Å². The Morgan fingerprint density at radius 1 is 1.00 bits per heavy atom. The number of anilines is 1. The number of rotatable bonds is 7. The van der Waals surface area contributed by atoms with Crippen molar-refractivity contribution in [3.05, 3.63) is 54.1 Å². The Kier molecular flexibility index (Phi) is 6.26. The molecular weight excluding hydrogens is 362 g/mol. The molecule has 1 aliphatic rings. The van der Waals surface area contributed by atoms with Crippen LogP contribution in [0, 0.1) is 0 Å². The van der Waals surface area contributed by atoms with Crippen molar-refractivity contribution in [2.75, 3.05) is 18.5 Å². The molecule has 28 heavy (non-hydrogen) atoms. The predicted molar refractivity (Wildman–Crippen MR) is 102 cm³/mol. The number of fused-ring (bicyclic) bond motifs is 1. The number of carbonyl (C=O) groups is 3. The fourth-order valence-electron chi connectivity index (χ4n) is 2.66. The highest BCUT2D eigenvalue weighted by Gasteiger charge is 2.20. The number of benzene rings is 2. The Hall–Kier alpha value is -3.35. The van der Waals surface area contributed by atoms with Crippen LogP contribution in [0.15, 0.2) is 48.5 Å². The molecule has 1 N–H and O–H groups in total. The first-order valence-electron chi connectivity index (χ1n) is 9.01. The van der Waals surface area contributed by atoms with Crippen molar-refractivity contribution in [3.8, 4) is 11.5 Å². The highest BCUT2D eigenvalue weighted by Crippen LogP contribution is 2.32. The first-order chi connectivity index (χ1) is 13.5. The molecule has 0 bridgehead atoms.